The second kappa shape index (κ2) is 8.11. The minimum atomic E-state index is -0.118. The average molecular weight is 390 g/mol. The van der Waals surface area contributed by atoms with Crippen molar-refractivity contribution >= 4 is 33.5 Å². The number of fused-ring (bicyclic) bond motifs is 4. The Morgan fingerprint density at radius 1 is 1.10 bits per heavy atom. The Morgan fingerprint density at radius 3 is 2.76 bits per heavy atom. The van der Waals surface area contributed by atoms with E-state index in [2.05, 4.69) is 12.2 Å². The summed E-state index contributed by atoms with van der Waals surface area (Å²) < 4.78 is 7.48. The van der Waals surface area contributed by atoms with Crippen molar-refractivity contribution in [3.63, 3.8) is 0 Å². The first-order valence-electron chi connectivity index (χ1n) is 10.4. The summed E-state index contributed by atoms with van der Waals surface area (Å²) in [5.74, 6) is -0.118. The lowest BCUT2D eigenvalue weighted by Gasteiger charge is -2.13. The number of pyridine rings is 1. The van der Waals surface area contributed by atoms with Crippen molar-refractivity contribution < 1.29 is 9.21 Å². The molecule has 0 radical (unpaired) electrons. The fraction of sp³-hybridized carbons (Fsp3) is 0.333. The number of hydrogen-bond donors (Lipinski definition) is 1. The Hall–Kier alpha value is -3.08. The zero-order valence-electron chi connectivity index (χ0n) is 16.9. The van der Waals surface area contributed by atoms with Crippen LogP contribution in [-0.2, 0) is 0 Å². The molecule has 2 heterocycles. The maximum Gasteiger partial charge on any atom is 0.265 e. The molecule has 0 bridgehead atoms. The first-order valence-corrected chi connectivity index (χ1v) is 10.4. The molecule has 150 valence electrons. The van der Waals surface area contributed by atoms with Gasteiger partial charge in [0.1, 0.15) is 0 Å². The van der Waals surface area contributed by atoms with Crippen molar-refractivity contribution in [2.45, 2.75) is 52.0 Å². The van der Waals surface area contributed by atoms with E-state index in [4.69, 9.17) is 4.42 Å². The van der Waals surface area contributed by atoms with Crippen LogP contribution in [0.3, 0.4) is 0 Å². The SMILES string of the molecule is CCCCCC[C@@H](C)NC(=O)c1ccc2c(c1)oc1cc3ccccc3c(=O)n12. The lowest BCUT2D eigenvalue weighted by Crippen LogP contribution is -2.32. The Bertz CT molecular complexity index is 1240. The largest absolute Gasteiger partial charge is 0.438 e. The van der Waals surface area contributed by atoms with Crippen molar-refractivity contribution in [2.24, 2.45) is 0 Å². The van der Waals surface area contributed by atoms with Gasteiger partial charge in [0.2, 0.25) is 5.71 Å². The smallest absolute Gasteiger partial charge is 0.265 e. The van der Waals surface area contributed by atoms with Crippen LogP contribution in [0.5, 0.6) is 0 Å². The molecule has 5 nitrogen and oxygen atoms in total. The van der Waals surface area contributed by atoms with E-state index in [0.29, 0.717) is 27.8 Å². The molecule has 0 fully saturated rings. The number of unbranched alkanes of at least 4 members (excludes halogenated alkanes) is 3. The van der Waals surface area contributed by atoms with Crippen molar-refractivity contribution in [1.82, 2.24) is 9.72 Å². The molecular weight excluding hydrogens is 364 g/mol. The highest BCUT2D eigenvalue weighted by Crippen LogP contribution is 2.23. The van der Waals surface area contributed by atoms with Crippen LogP contribution in [-0.4, -0.2) is 16.3 Å². The maximum absolute atomic E-state index is 12.9. The normalized spacial score (nSPS) is 12.6. The van der Waals surface area contributed by atoms with Crippen LogP contribution in [0.25, 0.3) is 27.6 Å². The van der Waals surface area contributed by atoms with Gasteiger partial charge in [-0.2, -0.15) is 0 Å². The number of benzene rings is 2. The molecule has 2 aromatic heterocycles. The van der Waals surface area contributed by atoms with Gasteiger partial charge in [0.15, 0.2) is 5.58 Å². The zero-order chi connectivity index (χ0) is 20.4. The second-order valence-electron chi connectivity index (χ2n) is 7.72. The van der Waals surface area contributed by atoms with E-state index >= 15 is 0 Å². The van der Waals surface area contributed by atoms with Crippen LogP contribution in [0, 0.1) is 0 Å². The number of nitrogens with zero attached hydrogens (tertiary/aromatic N) is 1. The van der Waals surface area contributed by atoms with E-state index in [9.17, 15) is 9.59 Å². The first-order chi connectivity index (χ1) is 14.1. The van der Waals surface area contributed by atoms with Crippen LogP contribution in [0.15, 0.2) is 57.7 Å². The maximum atomic E-state index is 12.9. The van der Waals surface area contributed by atoms with Crippen LogP contribution in [0.4, 0.5) is 0 Å². The molecule has 0 aliphatic heterocycles. The van der Waals surface area contributed by atoms with Gasteiger partial charge in [-0.25, -0.2) is 4.40 Å². The molecule has 2 aromatic carbocycles. The number of carbonyl (C=O) groups is 1. The molecule has 0 saturated carbocycles. The molecule has 0 aliphatic carbocycles. The third kappa shape index (κ3) is 3.77. The topological polar surface area (TPSA) is 63.7 Å². The standard InChI is InChI=1S/C24H26N2O3/c1-3-4-5-6-9-16(2)25-23(27)18-12-13-20-21(14-18)29-22-15-17-10-7-8-11-19(17)24(28)26(20)22/h7-8,10-16H,3-6,9H2,1-2H3,(H,25,27)/t16-/m1/s1. The Balaban J connectivity index is 1.62. The number of rotatable bonds is 7. The molecule has 4 rings (SSSR count). The summed E-state index contributed by atoms with van der Waals surface area (Å²) in [7, 11) is 0. The highest BCUT2D eigenvalue weighted by Gasteiger charge is 2.15. The summed E-state index contributed by atoms with van der Waals surface area (Å²) in [6.45, 7) is 4.23. The highest BCUT2D eigenvalue weighted by molar-refractivity contribution is 5.98. The summed E-state index contributed by atoms with van der Waals surface area (Å²) >= 11 is 0. The number of oxazole rings is 1. The van der Waals surface area contributed by atoms with Crippen molar-refractivity contribution in [2.75, 3.05) is 0 Å². The quantitative estimate of drug-likeness (QED) is 0.436. The molecule has 0 saturated heterocycles. The van der Waals surface area contributed by atoms with Crippen molar-refractivity contribution in [1.29, 1.82) is 0 Å². The summed E-state index contributed by atoms with van der Waals surface area (Å²) in [6.07, 6.45) is 5.73. The Labute approximate surface area is 169 Å². The molecule has 1 N–H and O–H groups in total. The van der Waals surface area contributed by atoms with Crippen molar-refractivity contribution in [3.05, 3.63) is 64.4 Å². The van der Waals surface area contributed by atoms with Gasteiger partial charge in [-0.15, -0.1) is 0 Å². The Morgan fingerprint density at radius 2 is 1.93 bits per heavy atom. The van der Waals surface area contributed by atoms with E-state index in [0.717, 1.165) is 18.2 Å². The zero-order valence-corrected chi connectivity index (χ0v) is 16.9. The van der Waals surface area contributed by atoms with Crippen molar-refractivity contribution in [3.8, 4) is 0 Å². The third-order valence-corrected chi connectivity index (χ3v) is 5.44. The molecule has 29 heavy (non-hydrogen) atoms. The average Bonchev–Trinajstić information content (AvgIpc) is 3.09. The van der Waals surface area contributed by atoms with E-state index < -0.39 is 0 Å². The van der Waals surface area contributed by atoms with Crippen LogP contribution in [0.2, 0.25) is 0 Å². The summed E-state index contributed by atoms with van der Waals surface area (Å²) in [4.78, 5) is 25.5. The third-order valence-electron chi connectivity index (χ3n) is 5.44. The van der Waals surface area contributed by atoms with Crippen LogP contribution < -0.4 is 10.9 Å². The fourth-order valence-electron chi connectivity index (χ4n) is 3.83. The molecule has 1 atom stereocenters. The predicted molar refractivity (Wildman–Crippen MR) is 117 cm³/mol. The van der Waals surface area contributed by atoms with Gasteiger partial charge in [0.25, 0.3) is 11.5 Å². The van der Waals surface area contributed by atoms with Gasteiger partial charge in [-0.1, -0.05) is 50.8 Å². The first kappa shape index (κ1) is 19.2. The van der Waals surface area contributed by atoms with E-state index in [1.54, 1.807) is 22.6 Å². The van der Waals surface area contributed by atoms with Gasteiger partial charge >= 0.3 is 0 Å². The monoisotopic (exact) mass is 390 g/mol. The summed E-state index contributed by atoms with van der Waals surface area (Å²) in [6, 6.07) is 14.7. The van der Waals surface area contributed by atoms with E-state index in [1.165, 1.54) is 19.3 Å². The highest BCUT2D eigenvalue weighted by atomic mass is 16.3. The summed E-state index contributed by atoms with van der Waals surface area (Å²) in [5.41, 5.74) is 2.09. The molecule has 1 amide bonds. The van der Waals surface area contributed by atoms with Gasteiger partial charge in [-0.05, 0) is 43.0 Å². The predicted octanol–water partition coefficient (Wildman–Crippen LogP) is 5.29. The van der Waals surface area contributed by atoms with Crippen LogP contribution in [0.1, 0.15) is 56.3 Å². The molecule has 5 heteroatoms. The number of amides is 1. The summed E-state index contributed by atoms with van der Waals surface area (Å²) in [5, 5.41) is 4.54. The fourth-order valence-corrected chi connectivity index (χ4v) is 3.83. The van der Waals surface area contributed by atoms with Crippen LogP contribution >= 0.6 is 0 Å². The van der Waals surface area contributed by atoms with Gasteiger partial charge in [0, 0.05) is 23.1 Å². The molecule has 0 unspecified atom stereocenters. The number of carbonyl (C=O) groups excluding carboxylic acids is 1. The number of hydrogen-bond acceptors (Lipinski definition) is 3. The molecular formula is C24H26N2O3. The lowest BCUT2D eigenvalue weighted by molar-refractivity contribution is 0.0938. The number of aromatic nitrogens is 1. The molecule has 4 aromatic rings. The van der Waals surface area contributed by atoms with E-state index in [-0.39, 0.29) is 17.5 Å². The Kier molecular flexibility index (Phi) is 5.38. The minimum Gasteiger partial charge on any atom is -0.438 e. The van der Waals surface area contributed by atoms with Gasteiger partial charge in [-0.3, -0.25) is 9.59 Å². The van der Waals surface area contributed by atoms with Gasteiger partial charge in [0.05, 0.1) is 5.52 Å². The lowest BCUT2D eigenvalue weighted by atomic mass is 10.1. The van der Waals surface area contributed by atoms with Gasteiger partial charge < -0.3 is 9.73 Å². The number of nitrogens with one attached hydrogen (secondary N) is 1. The van der Waals surface area contributed by atoms with E-state index in [1.807, 2.05) is 37.3 Å². The molecule has 0 spiro atoms. The molecule has 0 aliphatic rings. The minimum absolute atomic E-state index is 0.116. The second-order valence-corrected chi connectivity index (χ2v) is 7.72.